The predicted octanol–water partition coefficient (Wildman–Crippen LogP) is 4.37. The van der Waals surface area contributed by atoms with E-state index in [1.54, 1.807) is 4.31 Å². The molecule has 0 spiro atoms. The number of benzene rings is 1. The van der Waals surface area contributed by atoms with Gasteiger partial charge in [0.25, 0.3) is 0 Å². The minimum Gasteiger partial charge on any atom is -0.288 e. The number of ketones is 1. The average molecular weight is 439 g/mol. The molecule has 1 heterocycles. The first-order chi connectivity index (χ1) is 13.6. The topological polar surface area (TPSA) is 54.5 Å². The lowest BCUT2D eigenvalue weighted by molar-refractivity contribution is 0.0956. The lowest BCUT2D eigenvalue weighted by Crippen LogP contribution is -2.54. The summed E-state index contributed by atoms with van der Waals surface area (Å²) in [4.78, 5) is 13.2. The van der Waals surface area contributed by atoms with E-state index in [1.165, 1.54) is 5.56 Å². The number of hydrogen-bond acceptors (Lipinski definition) is 3. The molecule has 162 valence electrons. The van der Waals surface area contributed by atoms with Crippen LogP contribution < -0.4 is 0 Å². The molecule has 29 heavy (non-hydrogen) atoms. The van der Waals surface area contributed by atoms with Crippen LogP contribution >= 0.6 is 0 Å². The molecule has 1 aliphatic carbocycles. The highest BCUT2D eigenvalue weighted by Crippen LogP contribution is 2.31. The van der Waals surface area contributed by atoms with E-state index in [4.69, 9.17) is 0 Å². The third-order valence-electron chi connectivity index (χ3n) is 6.62. The van der Waals surface area contributed by atoms with Crippen LogP contribution in [0.15, 0.2) is 24.3 Å². The molecule has 3 rings (SSSR count). The van der Waals surface area contributed by atoms with Gasteiger partial charge in [-0.2, -0.15) is 4.31 Å². The van der Waals surface area contributed by atoms with Crippen LogP contribution in [0, 0.1) is 0 Å². The van der Waals surface area contributed by atoms with Crippen molar-refractivity contribution in [1.82, 2.24) is 4.31 Å². The van der Waals surface area contributed by atoms with E-state index in [-0.39, 0.29) is 21.9 Å². The van der Waals surface area contributed by atoms with Gasteiger partial charge in [0.1, 0.15) is 11.5 Å². The van der Waals surface area contributed by atoms with Gasteiger partial charge in [-0.25, -0.2) is 8.42 Å². The van der Waals surface area contributed by atoms with Gasteiger partial charge < -0.3 is 0 Å². The fourth-order valence-corrected chi connectivity index (χ4v) is 9.23. The molecule has 0 amide bonds. The number of sulfonamides is 1. The molecule has 0 aromatic heterocycles. The number of Topliss-reactive ketones (excluding diaryl/α,β-unsaturated/α-hetero) is 1. The van der Waals surface area contributed by atoms with Crippen molar-refractivity contribution in [2.75, 3.05) is 24.6 Å². The predicted molar refractivity (Wildman–Crippen MR) is 123 cm³/mol. The second kappa shape index (κ2) is 9.11. The smallest absolute Gasteiger partial charge is 0.217 e. The van der Waals surface area contributed by atoms with Crippen molar-refractivity contribution in [2.45, 2.75) is 75.7 Å². The van der Waals surface area contributed by atoms with Crippen LogP contribution in [0.4, 0.5) is 0 Å². The summed E-state index contributed by atoms with van der Waals surface area (Å²) in [5.74, 6) is 2.20. The molecule has 0 bridgehead atoms. The van der Waals surface area contributed by atoms with Gasteiger partial charge in [0.15, 0.2) is 4.75 Å². The molecule has 0 radical (unpaired) electrons. The van der Waals surface area contributed by atoms with E-state index < -0.39 is 14.8 Å². The zero-order chi connectivity index (χ0) is 21.2. The lowest BCUT2D eigenvalue weighted by atomic mass is 9.96. The Labute approximate surface area is 179 Å². The summed E-state index contributed by atoms with van der Waals surface area (Å²) in [6.07, 6.45) is 4.82. The highest BCUT2D eigenvalue weighted by Gasteiger charge is 2.49. The molecule has 4 nitrogen and oxygen atoms in total. The van der Waals surface area contributed by atoms with Crippen molar-refractivity contribution in [3.8, 4) is 0 Å². The van der Waals surface area contributed by atoms with E-state index >= 15 is 0 Å². The van der Waals surface area contributed by atoms with Gasteiger partial charge in [-0.05, 0) is 38.2 Å². The van der Waals surface area contributed by atoms with E-state index in [0.29, 0.717) is 19.0 Å². The van der Waals surface area contributed by atoms with Gasteiger partial charge in [0, 0.05) is 16.5 Å². The number of rotatable bonds is 6. The lowest BCUT2D eigenvalue weighted by Gasteiger charge is -2.35. The summed E-state index contributed by atoms with van der Waals surface area (Å²) < 4.78 is 27.3. The summed E-state index contributed by atoms with van der Waals surface area (Å²) >= 11 is 0. The Balaban J connectivity index is 1.65. The normalized spacial score (nSPS) is 20.9. The van der Waals surface area contributed by atoms with Crippen LogP contribution in [0.25, 0.3) is 0 Å². The van der Waals surface area contributed by atoms with Crippen LogP contribution in [0.2, 0.25) is 0 Å². The molecule has 0 unspecified atom stereocenters. The molecule has 0 atom stereocenters. The minimum atomic E-state index is -3.19. The standard InChI is InChI=1S/C23H36NO3S2/c1-18(2)19-10-12-20(13-11-19)22(25)23(3,4)28-16-14-24(15-17-28)29(26,27)21-8-6-5-7-9-21/h10-13,18,21H,5-9,14-17H2,1-4H3/q+1. The van der Waals surface area contributed by atoms with Crippen molar-refractivity contribution in [3.63, 3.8) is 0 Å². The highest BCUT2D eigenvalue weighted by atomic mass is 32.2. The molecule has 6 heteroatoms. The van der Waals surface area contributed by atoms with Crippen molar-refractivity contribution < 1.29 is 13.2 Å². The average Bonchev–Trinajstić information content (AvgIpc) is 2.74. The zero-order valence-corrected chi connectivity index (χ0v) is 19.9. The fraction of sp³-hybridized carbons (Fsp3) is 0.696. The number of hydrogen-bond donors (Lipinski definition) is 0. The molecular weight excluding hydrogens is 402 g/mol. The Morgan fingerprint density at radius 3 is 2.10 bits per heavy atom. The van der Waals surface area contributed by atoms with Crippen molar-refractivity contribution >= 4 is 26.7 Å². The maximum absolute atomic E-state index is 13.2. The number of carbonyl (C=O) groups is 1. The van der Waals surface area contributed by atoms with E-state index in [1.807, 2.05) is 26.0 Å². The highest BCUT2D eigenvalue weighted by molar-refractivity contribution is 7.99. The first kappa shape index (κ1) is 22.8. The van der Waals surface area contributed by atoms with Gasteiger partial charge >= 0.3 is 0 Å². The first-order valence-corrected chi connectivity index (χ1v) is 14.0. The Morgan fingerprint density at radius 1 is 1.03 bits per heavy atom. The SMILES string of the molecule is CC(C)c1ccc(C(=O)C(C)(C)[S+]2CCN(S(=O)(=O)C3CCCCC3)CC2)cc1. The largest absolute Gasteiger partial charge is 0.288 e. The van der Waals surface area contributed by atoms with Crippen LogP contribution in [0.3, 0.4) is 0 Å². The Bertz CT molecular complexity index is 801. The molecule has 1 saturated carbocycles. The van der Waals surface area contributed by atoms with Crippen LogP contribution in [0.5, 0.6) is 0 Å². The third kappa shape index (κ3) is 4.91. The molecule has 1 saturated heterocycles. The molecule has 1 aromatic rings. The Kier molecular flexibility index (Phi) is 7.17. The van der Waals surface area contributed by atoms with Crippen LogP contribution in [-0.4, -0.2) is 53.1 Å². The summed E-state index contributed by atoms with van der Waals surface area (Å²) in [6, 6.07) is 8.01. The van der Waals surface area contributed by atoms with Crippen molar-refractivity contribution in [3.05, 3.63) is 35.4 Å². The first-order valence-electron chi connectivity index (χ1n) is 11.0. The summed E-state index contributed by atoms with van der Waals surface area (Å²) in [6.45, 7) is 9.50. The molecule has 1 aromatic carbocycles. The van der Waals surface area contributed by atoms with Crippen LogP contribution in [-0.2, 0) is 20.9 Å². The van der Waals surface area contributed by atoms with Crippen molar-refractivity contribution in [2.24, 2.45) is 0 Å². The van der Waals surface area contributed by atoms with E-state index in [0.717, 1.165) is 49.2 Å². The monoisotopic (exact) mass is 438 g/mol. The maximum atomic E-state index is 13.2. The molecule has 0 N–H and O–H groups in total. The summed E-state index contributed by atoms with van der Waals surface area (Å²) in [5, 5.41) is -0.190. The quantitative estimate of drug-likeness (QED) is 0.490. The Morgan fingerprint density at radius 2 is 1.59 bits per heavy atom. The second-order valence-electron chi connectivity index (χ2n) is 9.22. The second-order valence-corrected chi connectivity index (χ2v) is 14.3. The zero-order valence-electron chi connectivity index (χ0n) is 18.3. The molecule has 2 fully saturated rings. The Hall–Kier alpha value is -0.850. The molecule has 2 aliphatic rings. The summed E-state index contributed by atoms with van der Waals surface area (Å²) in [7, 11) is -3.30. The van der Waals surface area contributed by atoms with Gasteiger partial charge in [-0.3, -0.25) is 4.79 Å². The van der Waals surface area contributed by atoms with Gasteiger partial charge in [-0.1, -0.05) is 57.4 Å². The number of carbonyl (C=O) groups excluding carboxylic acids is 1. The summed E-state index contributed by atoms with van der Waals surface area (Å²) in [5.41, 5.74) is 2.01. The van der Waals surface area contributed by atoms with Crippen molar-refractivity contribution in [1.29, 1.82) is 0 Å². The minimum absolute atomic E-state index is 0.116. The molecular formula is C23H36NO3S2+. The van der Waals surface area contributed by atoms with Gasteiger partial charge in [-0.15, -0.1) is 0 Å². The fourth-order valence-electron chi connectivity index (χ4n) is 4.47. The van der Waals surface area contributed by atoms with E-state index in [2.05, 4.69) is 26.0 Å². The number of nitrogens with zero attached hydrogens (tertiary/aromatic N) is 1. The third-order valence-corrected chi connectivity index (χ3v) is 12.0. The van der Waals surface area contributed by atoms with Gasteiger partial charge in [0.2, 0.25) is 15.8 Å². The van der Waals surface area contributed by atoms with Crippen LogP contribution in [0.1, 0.15) is 81.6 Å². The van der Waals surface area contributed by atoms with E-state index in [9.17, 15) is 13.2 Å². The maximum Gasteiger partial charge on any atom is 0.217 e. The van der Waals surface area contributed by atoms with Gasteiger partial charge in [0.05, 0.1) is 18.3 Å². The molecule has 1 aliphatic heterocycles.